The summed E-state index contributed by atoms with van der Waals surface area (Å²) in [4.78, 5) is 28.5. The molecule has 0 spiro atoms. The molecule has 2 aromatic rings. The topological polar surface area (TPSA) is 64.0 Å². The predicted molar refractivity (Wildman–Crippen MR) is 87.8 cm³/mol. The normalized spacial score (nSPS) is 11.1. The first-order valence-electron chi connectivity index (χ1n) is 7.70. The standard InChI is InChI=1S/C17H23N3O2/c1-12(2)10-11-18-16(21)9-8-14-17(22)20(3)15-7-5-4-6-13(15)19-14/h4-7,12H,8-11H2,1-3H3,(H,18,21). The summed E-state index contributed by atoms with van der Waals surface area (Å²) in [5, 5.41) is 2.88. The number of hydrogen-bond donors (Lipinski definition) is 1. The molecule has 5 nitrogen and oxygen atoms in total. The number of benzene rings is 1. The molecule has 118 valence electrons. The summed E-state index contributed by atoms with van der Waals surface area (Å²) < 4.78 is 1.59. The summed E-state index contributed by atoms with van der Waals surface area (Å²) in [6.07, 6.45) is 1.62. The van der Waals surface area contributed by atoms with Gasteiger partial charge in [0.2, 0.25) is 5.91 Å². The Labute approximate surface area is 130 Å². The van der Waals surface area contributed by atoms with Crippen molar-refractivity contribution in [2.45, 2.75) is 33.1 Å². The van der Waals surface area contributed by atoms with Gasteiger partial charge in [-0.1, -0.05) is 26.0 Å². The van der Waals surface area contributed by atoms with E-state index in [1.165, 1.54) is 0 Å². The van der Waals surface area contributed by atoms with Crippen LogP contribution in [0.1, 0.15) is 32.4 Å². The van der Waals surface area contributed by atoms with Crippen LogP contribution in [0.5, 0.6) is 0 Å². The second kappa shape index (κ2) is 7.20. The van der Waals surface area contributed by atoms with Gasteiger partial charge in [0, 0.05) is 26.4 Å². The molecule has 0 aliphatic rings. The molecule has 1 N–H and O–H groups in total. The summed E-state index contributed by atoms with van der Waals surface area (Å²) >= 11 is 0. The van der Waals surface area contributed by atoms with Gasteiger partial charge >= 0.3 is 0 Å². The maximum atomic E-state index is 12.3. The van der Waals surface area contributed by atoms with Crippen molar-refractivity contribution in [3.63, 3.8) is 0 Å². The van der Waals surface area contributed by atoms with Crippen LogP contribution in [0.25, 0.3) is 11.0 Å². The Morgan fingerprint density at radius 1 is 1.32 bits per heavy atom. The first-order valence-corrected chi connectivity index (χ1v) is 7.70. The van der Waals surface area contributed by atoms with Crippen LogP contribution < -0.4 is 10.9 Å². The Morgan fingerprint density at radius 2 is 2.05 bits per heavy atom. The number of fused-ring (bicyclic) bond motifs is 1. The highest BCUT2D eigenvalue weighted by Gasteiger charge is 2.10. The average molecular weight is 301 g/mol. The van der Waals surface area contributed by atoms with E-state index in [9.17, 15) is 9.59 Å². The van der Waals surface area contributed by atoms with Gasteiger partial charge in [0.25, 0.3) is 5.56 Å². The number of rotatable bonds is 6. The van der Waals surface area contributed by atoms with Gasteiger partial charge in [-0.05, 0) is 24.5 Å². The molecule has 1 aromatic carbocycles. The first kappa shape index (κ1) is 16.2. The van der Waals surface area contributed by atoms with Crippen molar-refractivity contribution in [1.82, 2.24) is 14.9 Å². The number of para-hydroxylation sites is 2. The molecule has 0 aliphatic carbocycles. The maximum absolute atomic E-state index is 12.3. The first-order chi connectivity index (χ1) is 10.5. The lowest BCUT2D eigenvalue weighted by Gasteiger charge is -2.09. The van der Waals surface area contributed by atoms with Gasteiger partial charge in [0.05, 0.1) is 11.0 Å². The molecule has 0 saturated heterocycles. The van der Waals surface area contributed by atoms with E-state index >= 15 is 0 Å². The molecule has 0 atom stereocenters. The fraction of sp³-hybridized carbons (Fsp3) is 0.471. The third-order valence-electron chi connectivity index (χ3n) is 3.68. The molecule has 0 aliphatic heterocycles. The molecule has 0 fully saturated rings. The van der Waals surface area contributed by atoms with Crippen LogP contribution in [-0.4, -0.2) is 22.0 Å². The van der Waals surface area contributed by atoms with E-state index in [2.05, 4.69) is 24.1 Å². The lowest BCUT2D eigenvalue weighted by atomic mass is 10.1. The molecule has 0 bridgehead atoms. The highest BCUT2D eigenvalue weighted by atomic mass is 16.1. The summed E-state index contributed by atoms with van der Waals surface area (Å²) in [5.74, 6) is 0.535. The maximum Gasteiger partial charge on any atom is 0.272 e. The molecule has 1 amide bonds. The smallest absolute Gasteiger partial charge is 0.272 e. The Hall–Kier alpha value is -2.17. The number of aryl methyl sites for hydroxylation is 2. The number of carbonyl (C=O) groups excluding carboxylic acids is 1. The van der Waals surface area contributed by atoms with E-state index in [0.717, 1.165) is 17.5 Å². The van der Waals surface area contributed by atoms with Gasteiger partial charge in [-0.3, -0.25) is 9.59 Å². The highest BCUT2D eigenvalue weighted by Crippen LogP contribution is 2.09. The molecule has 1 heterocycles. The van der Waals surface area contributed by atoms with E-state index in [0.29, 0.717) is 31.0 Å². The largest absolute Gasteiger partial charge is 0.356 e. The minimum atomic E-state index is -0.131. The second-order valence-corrected chi connectivity index (χ2v) is 5.94. The Bertz CT molecular complexity index is 719. The van der Waals surface area contributed by atoms with Crippen molar-refractivity contribution in [3.8, 4) is 0 Å². The van der Waals surface area contributed by atoms with Gasteiger partial charge in [0.1, 0.15) is 5.69 Å². The summed E-state index contributed by atoms with van der Waals surface area (Å²) in [7, 11) is 1.73. The molecule has 0 radical (unpaired) electrons. The average Bonchev–Trinajstić information content (AvgIpc) is 2.49. The van der Waals surface area contributed by atoms with Crippen LogP contribution >= 0.6 is 0 Å². The van der Waals surface area contributed by atoms with E-state index < -0.39 is 0 Å². The van der Waals surface area contributed by atoms with Crippen LogP contribution in [-0.2, 0) is 18.3 Å². The molecule has 22 heavy (non-hydrogen) atoms. The number of hydrogen-bond acceptors (Lipinski definition) is 3. The Morgan fingerprint density at radius 3 is 2.77 bits per heavy atom. The van der Waals surface area contributed by atoms with E-state index in [1.807, 2.05) is 24.3 Å². The zero-order chi connectivity index (χ0) is 16.1. The van der Waals surface area contributed by atoms with Crippen molar-refractivity contribution in [3.05, 3.63) is 40.3 Å². The number of carbonyl (C=O) groups is 1. The number of nitrogens with one attached hydrogen (secondary N) is 1. The van der Waals surface area contributed by atoms with Gasteiger partial charge in [-0.2, -0.15) is 0 Å². The van der Waals surface area contributed by atoms with Crippen LogP contribution in [0.3, 0.4) is 0 Å². The molecule has 2 rings (SSSR count). The fourth-order valence-corrected chi connectivity index (χ4v) is 2.32. The minimum absolute atomic E-state index is 0.0299. The Kier molecular flexibility index (Phi) is 5.31. The van der Waals surface area contributed by atoms with Crippen molar-refractivity contribution in [2.24, 2.45) is 13.0 Å². The predicted octanol–water partition coefficient (Wildman–Crippen LogP) is 2.03. The summed E-state index contributed by atoms with van der Waals surface area (Å²) in [6, 6.07) is 7.51. The molecule has 0 saturated carbocycles. The molecule has 1 aromatic heterocycles. The van der Waals surface area contributed by atoms with Crippen LogP contribution in [0.2, 0.25) is 0 Å². The molecule has 5 heteroatoms. The zero-order valence-electron chi connectivity index (χ0n) is 13.4. The van der Waals surface area contributed by atoms with E-state index in [-0.39, 0.29) is 11.5 Å². The number of aromatic nitrogens is 2. The molecule has 0 unspecified atom stereocenters. The van der Waals surface area contributed by atoms with Gasteiger partial charge < -0.3 is 9.88 Å². The van der Waals surface area contributed by atoms with E-state index in [1.54, 1.807) is 11.6 Å². The monoisotopic (exact) mass is 301 g/mol. The van der Waals surface area contributed by atoms with Gasteiger partial charge in [-0.15, -0.1) is 0 Å². The summed E-state index contributed by atoms with van der Waals surface area (Å²) in [5.41, 5.74) is 1.89. The van der Waals surface area contributed by atoms with Crippen LogP contribution in [0.4, 0.5) is 0 Å². The van der Waals surface area contributed by atoms with Crippen molar-refractivity contribution >= 4 is 16.9 Å². The highest BCUT2D eigenvalue weighted by molar-refractivity contribution is 5.76. The zero-order valence-corrected chi connectivity index (χ0v) is 13.4. The lowest BCUT2D eigenvalue weighted by molar-refractivity contribution is -0.121. The number of nitrogens with zero attached hydrogens (tertiary/aromatic N) is 2. The second-order valence-electron chi connectivity index (χ2n) is 5.94. The molecular formula is C17H23N3O2. The van der Waals surface area contributed by atoms with Crippen molar-refractivity contribution in [1.29, 1.82) is 0 Å². The van der Waals surface area contributed by atoms with Crippen molar-refractivity contribution < 1.29 is 4.79 Å². The third-order valence-corrected chi connectivity index (χ3v) is 3.68. The van der Waals surface area contributed by atoms with Gasteiger partial charge in [0.15, 0.2) is 0 Å². The van der Waals surface area contributed by atoms with Crippen LogP contribution in [0.15, 0.2) is 29.1 Å². The van der Waals surface area contributed by atoms with Crippen LogP contribution in [0, 0.1) is 5.92 Å². The minimum Gasteiger partial charge on any atom is -0.356 e. The van der Waals surface area contributed by atoms with E-state index in [4.69, 9.17) is 0 Å². The van der Waals surface area contributed by atoms with Gasteiger partial charge in [-0.25, -0.2) is 4.98 Å². The molecular weight excluding hydrogens is 278 g/mol. The SMILES string of the molecule is CC(C)CCNC(=O)CCc1nc2ccccc2n(C)c1=O. The third kappa shape index (κ3) is 3.93. The summed E-state index contributed by atoms with van der Waals surface area (Å²) in [6.45, 7) is 4.92. The van der Waals surface area contributed by atoms with Crippen molar-refractivity contribution in [2.75, 3.05) is 6.54 Å². The fourth-order valence-electron chi connectivity index (χ4n) is 2.32. The lowest BCUT2D eigenvalue weighted by Crippen LogP contribution is -2.28. The quantitative estimate of drug-likeness (QED) is 0.888. The number of amides is 1. The Balaban J connectivity index is 2.04.